The third-order valence-corrected chi connectivity index (χ3v) is 3.27. The second-order valence-electron chi connectivity index (χ2n) is 5.38. The Morgan fingerprint density at radius 3 is 2.88 bits per heavy atom. The maximum atomic E-state index is 12.2. The van der Waals surface area contributed by atoms with Gasteiger partial charge >= 0.3 is 0 Å². The molecule has 17 heavy (non-hydrogen) atoms. The zero-order valence-corrected chi connectivity index (χ0v) is 10.8. The predicted molar refractivity (Wildman–Crippen MR) is 68.6 cm³/mol. The van der Waals surface area contributed by atoms with Crippen LogP contribution in [0.15, 0.2) is 18.2 Å². The zero-order valence-electron chi connectivity index (χ0n) is 10.8. The molecule has 0 N–H and O–H groups in total. The van der Waals surface area contributed by atoms with E-state index in [1.54, 1.807) is 0 Å². The highest BCUT2D eigenvalue weighted by Crippen LogP contribution is 2.30. The van der Waals surface area contributed by atoms with Gasteiger partial charge in [-0.1, -0.05) is 26.0 Å². The first-order valence-corrected chi connectivity index (χ1v) is 6.33. The zero-order chi connectivity index (χ0) is 12.4. The molecule has 0 saturated carbocycles. The Morgan fingerprint density at radius 2 is 2.18 bits per heavy atom. The van der Waals surface area contributed by atoms with Crippen molar-refractivity contribution >= 4 is 5.78 Å². The third-order valence-electron chi connectivity index (χ3n) is 3.27. The van der Waals surface area contributed by atoms with Crippen molar-refractivity contribution in [2.45, 2.75) is 33.6 Å². The first-order chi connectivity index (χ1) is 8.08. The van der Waals surface area contributed by atoms with Gasteiger partial charge in [0.1, 0.15) is 5.75 Å². The molecular weight excluding hydrogens is 212 g/mol. The SMILES string of the molecule is Cc1cccc2c1C(=O)C[C@H](CC(C)C)CO2. The minimum Gasteiger partial charge on any atom is -0.493 e. The highest BCUT2D eigenvalue weighted by molar-refractivity contribution is 6.00. The maximum Gasteiger partial charge on any atom is 0.167 e. The average Bonchev–Trinajstić information content (AvgIpc) is 2.38. The van der Waals surface area contributed by atoms with Gasteiger partial charge in [-0.05, 0) is 30.9 Å². The summed E-state index contributed by atoms with van der Waals surface area (Å²) in [7, 11) is 0. The molecule has 1 heterocycles. The molecule has 1 aromatic rings. The number of rotatable bonds is 2. The summed E-state index contributed by atoms with van der Waals surface area (Å²) in [6, 6.07) is 5.82. The second kappa shape index (κ2) is 4.91. The van der Waals surface area contributed by atoms with E-state index in [1.165, 1.54) is 0 Å². The van der Waals surface area contributed by atoms with Crippen molar-refractivity contribution in [3.63, 3.8) is 0 Å². The van der Waals surface area contributed by atoms with Crippen LogP contribution in [0.25, 0.3) is 0 Å². The summed E-state index contributed by atoms with van der Waals surface area (Å²) < 4.78 is 5.79. The van der Waals surface area contributed by atoms with Gasteiger partial charge in [0.25, 0.3) is 0 Å². The number of hydrogen-bond donors (Lipinski definition) is 0. The molecule has 1 aliphatic heterocycles. The molecule has 0 saturated heterocycles. The molecule has 0 bridgehead atoms. The average molecular weight is 232 g/mol. The maximum absolute atomic E-state index is 12.2. The number of carbonyl (C=O) groups excluding carboxylic acids is 1. The molecule has 92 valence electrons. The molecule has 0 amide bonds. The van der Waals surface area contributed by atoms with Crippen molar-refractivity contribution in [1.82, 2.24) is 0 Å². The lowest BCUT2D eigenvalue weighted by Crippen LogP contribution is -2.14. The lowest BCUT2D eigenvalue weighted by atomic mass is 9.91. The molecule has 1 aromatic carbocycles. The molecule has 0 aliphatic carbocycles. The second-order valence-corrected chi connectivity index (χ2v) is 5.38. The van der Waals surface area contributed by atoms with Gasteiger partial charge in [-0.2, -0.15) is 0 Å². The summed E-state index contributed by atoms with van der Waals surface area (Å²) in [6.07, 6.45) is 1.68. The number of fused-ring (bicyclic) bond motifs is 1. The summed E-state index contributed by atoms with van der Waals surface area (Å²) in [5, 5.41) is 0. The van der Waals surface area contributed by atoms with Crippen LogP contribution in [0.1, 0.15) is 42.6 Å². The van der Waals surface area contributed by atoms with E-state index in [0.29, 0.717) is 24.9 Å². The topological polar surface area (TPSA) is 26.3 Å². The highest BCUT2D eigenvalue weighted by atomic mass is 16.5. The van der Waals surface area contributed by atoms with Crippen molar-refractivity contribution in [3.8, 4) is 5.75 Å². The number of ketones is 1. The molecule has 0 fully saturated rings. The van der Waals surface area contributed by atoms with Gasteiger partial charge in [-0.3, -0.25) is 4.79 Å². The van der Waals surface area contributed by atoms with E-state index in [1.807, 2.05) is 25.1 Å². The Bertz CT molecular complexity index is 421. The summed E-state index contributed by atoms with van der Waals surface area (Å²) in [5.74, 6) is 1.97. The quantitative estimate of drug-likeness (QED) is 0.778. The van der Waals surface area contributed by atoms with Gasteiger partial charge in [0, 0.05) is 12.3 Å². The number of hydrogen-bond acceptors (Lipinski definition) is 2. The normalized spacial score (nSPS) is 19.8. The fraction of sp³-hybridized carbons (Fsp3) is 0.533. The Kier molecular flexibility index (Phi) is 3.51. The fourth-order valence-electron chi connectivity index (χ4n) is 2.57. The molecule has 0 radical (unpaired) electrons. The van der Waals surface area contributed by atoms with Crippen LogP contribution in [0.3, 0.4) is 0 Å². The summed E-state index contributed by atoms with van der Waals surface area (Å²) in [4.78, 5) is 12.2. The molecule has 0 unspecified atom stereocenters. The van der Waals surface area contributed by atoms with Crippen LogP contribution >= 0.6 is 0 Å². The highest BCUT2D eigenvalue weighted by Gasteiger charge is 2.25. The summed E-state index contributed by atoms with van der Waals surface area (Å²) in [5.41, 5.74) is 1.82. The molecule has 0 spiro atoms. The van der Waals surface area contributed by atoms with E-state index in [2.05, 4.69) is 13.8 Å². The van der Waals surface area contributed by atoms with Gasteiger partial charge in [0.2, 0.25) is 0 Å². The van der Waals surface area contributed by atoms with E-state index >= 15 is 0 Å². The number of Topliss-reactive ketones (excluding diaryl/α,β-unsaturated/α-hetero) is 1. The third kappa shape index (κ3) is 2.68. The van der Waals surface area contributed by atoms with Crippen LogP contribution in [0, 0.1) is 18.8 Å². The number of carbonyl (C=O) groups is 1. The van der Waals surface area contributed by atoms with Crippen molar-refractivity contribution in [3.05, 3.63) is 29.3 Å². The molecular formula is C15H20O2. The number of ether oxygens (including phenoxy) is 1. The van der Waals surface area contributed by atoms with E-state index in [-0.39, 0.29) is 5.78 Å². The van der Waals surface area contributed by atoms with Gasteiger partial charge in [0.15, 0.2) is 5.78 Å². The van der Waals surface area contributed by atoms with Crippen molar-refractivity contribution < 1.29 is 9.53 Å². The molecule has 1 atom stereocenters. The minimum absolute atomic E-state index is 0.237. The first-order valence-electron chi connectivity index (χ1n) is 6.33. The molecule has 2 heteroatoms. The minimum atomic E-state index is 0.237. The van der Waals surface area contributed by atoms with Gasteiger partial charge in [0.05, 0.1) is 12.2 Å². The first kappa shape index (κ1) is 12.2. The smallest absolute Gasteiger partial charge is 0.167 e. The van der Waals surface area contributed by atoms with Crippen molar-refractivity contribution in [2.75, 3.05) is 6.61 Å². The van der Waals surface area contributed by atoms with Crippen LogP contribution in [0.4, 0.5) is 0 Å². The monoisotopic (exact) mass is 232 g/mol. The van der Waals surface area contributed by atoms with Gasteiger partial charge < -0.3 is 4.74 Å². The standard InChI is InChI=1S/C15H20O2/c1-10(2)7-12-8-13(16)15-11(3)5-4-6-14(15)17-9-12/h4-6,10,12H,7-9H2,1-3H3/t12-/m0/s1. The number of benzene rings is 1. The summed E-state index contributed by atoms with van der Waals surface area (Å²) in [6.45, 7) is 7.02. The van der Waals surface area contributed by atoms with Crippen molar-refractivity contribution in [2.24, 2.45) is 11.8 Å². The van der Waals surface area contributed by atoms with Crippen LogP contribution in [-0.4, -0.2) is 12.4 Å². The van der Waals surface area contributed by atoms with Crippen molar-refractivity contribution in [1.29, 1.82) is 0 Å². The summed E-state index contributed by atoms with van der Waals surface area (Å²) >= 11 is 0. The molecule has 0 aromatic heterocycles. The molecule has 2 rings (SSSR count). The van der Waals surface area contributed by atoms with E-state index in [9.17, 15) is 4.79 Å². The van der Waals surface area contributed by atoms with Crippen LogP contribution in [0.5, 0.6) is 5.75 Å². The van der Waals surface area contributed by atoms with Crippen LogP contribution in [-0.2, 0) is 0 Å². The van der Waals surface area contributed by atoms with E-state index < -0.39 is 0 Å². The molecule has 2 nitrogen and oxygen atoms in total. The number of aryl methyl sites for hydroxylation is 1. The Morgan fingerprint density at radius 1 is 1.41 bits per heavy atom. The Hall–Kier alpha value is -1.31. The largest absolute Gasteiger partial charge is 0.493 e. The van der Waals surface area contributed by atoms with Crippen LogP contribution < -0.4 is 4.74 Å². The predicted octanol–water partition coefficient (Wildman–Crippen LogP) is 3.62. The van der Waals surface area contributed by atoms with Gasteiger partial charge in [-0.15, -0.1) is 0 Å². The lowest BCUT2D eigenvalue weighted by molar-refractivity contribution is 0.0954. The lowest BCUT2D eigenvalue weighted by Gasteiger charge is -2.15. The fourth-order valence-corrected chi connectivity index (χ4v) is 2.57. The van der Waals surface area contributed by atoms with E-state index in [4.69, 9.17) is 4.74 Å². The van der Waals surface area contributed by atoms with Gasteiger partial charge in [-0.25, -0.2) is 0 Å². The van der Waals surface area contributed by atoms with E-state index in [0.717, 1.165) is 23.3 Å². The van der Waals surface area contributed by atoms with Crippen LogP contribution in [0.2, 0.25) is 0 Å². The Labute approximate surface area is 103 Å². The Balaban J connectivity index is 2.24. The molecule has 1 aliphatic rings.